The number of rotatable bonds is 4. The maximum Gasteiger partial charge on any atom is 0.261 e. The van der Waals surface area contributed by atoms with Crippen LogP contribution in [0.25, 0.3) is 0 Å². The quantitative estimate of drug-likeness (QED) is 0.828. The smallest absolute Gasteiger partial charge is 0.261 e. The number of aromatic nitrogens is 2. The highest BCUT2D eigenvalue weighted by atomic mass is 32.2. The predicted octanol–water partition coefficient (Wildman–Crippen LogP) is 0.938. The summed E-state index contributed by atoms with van der Waals surface area (Å²) in [7, 11) is 7.44. The third-order valence-corrected chi connectivity index (χ3v) is 4.69. The van der Waals surface area contributed by atoms with Gasteiger partial charge in [0.25, 0.3) is 5.91 Å². The molecule has 2 rings (SSSR count). The summed E-state index contributed by atoms with van der Waals surface area (Å²) < 4.78 is 6.86. The third-order valence-electron chi connectivity index (χ3n) is 3.49. The third kappa shape index (κ3) is 3.91. The fraction of sp³-hybridized carbons (Fsp3) is 0.714. The zero-order valence-corrected chi connectivity index (χ0v) is 14.0. The number of likely N-dealkylation sites (N-methyl/N-ethyl adjacent to an activating group) is 1. The van der Waals surface area contributed by atoms with Crippen molar-refractivity contribution < 1.29 is 9.53 Å². The highest BCUT2D eigenvalue weighted by Gasteiger charge is 2.29. The number of thioether (sulfide) groups is 1. The Kier molecular flexibility index (Phi) is 5.52. The molecule has 0 aromatic carbocycles. The number of carbonyl (C=O) groups excluding carboxylic acids is 1. The normalized spacial score (nSPS) is 19.7. The van der Waals surface area contributed by atoms with Crippen LogP contribution in [-0.4, -0.2) is 77.3 Å². The van der Waals surface area contributed by atoms with Gasteiger partial charge in [0.05, 0.1) is 13.2 Å². The van der Waals surface area contributed by atoms with E-state index in [1.54, 1.807) is 25.0 Å². The topological polar surface area (TPSA) is 50.6 Å². The molecule has 0 N–H and O–H groups in total. The van der Waals surface area contributed by atoms with Crippen LogP contribution in [0.1, 0.15) is 16.8 Å². The van der Waals surface area contributed by atoms with E-state index in [1.165, 1.54) is 0 Å². The van der Waals surface area contributed by atoms with Crippen molar-refractivity contribution in [1.29, 1.82) is 0 Å². The number of carbonyl (C=O) groups is 1. The van der Waals surface area contributed by atoms with Gasteiger partial charge in [0.2, 0.25) is 5.88 Å². The maximum atomic E-state index is 12.9. The largest absolute Gasteiger partial charge is 0.479 e. The van der Waals surface area contributed by atoms with Gasteiger partial charge in [-0.15, -0.1) is 5.10 Å². The number of ether oxygens (including phenoxy) is 1. The molecule has 1 unspecified atom stereocenters. The Morgan fingerprint density at radius 1 is 1.57 bits per heavy atom. The molecule has 1 fully saturated rings. The minimum Gasteiger partial charge on any atom is -0.479 e. The van der Waals surface area contributed by atoms with Crippen LogP contribution in [-0.2, 0) is 7.05 Å². The summed E-state index contributed by atoms with van der Waals surface area (Å²) in [5.74, 6) is 2.52. The number of hydrogen-bond donors (Lipinski definition) is 0. The summed E-state index contributed by atoms with van der Waals surface area (Å²) >= 11 is 1.92. The van der Waals surface area contributed by atoms with Crippen LogP contribution in [0.3, 0.4) is 0 Å². The zero-order valence-electron chi connectivity index (χ0n) is 13.2. The van der Waals surface area contributed by atoms with Crippen LogP contribution < -0.4 is 4.74 Å². The lowest BCUT2D eigenvalue weighted by molar-refractivity contribution is 0.0672. The summed E-state index contributed by atoms with van der Waals surface area (Å²) in [6.07, 6.45) is 2.77. The van der Waals surface area contributed by atoms with Crippen LogP contribution >= 0.6 is 11.8 Å². The first-order valence-electron chi connectivity index (χ1n) is 7.14. The minimum absolute atomic E-state index is 0.0225. The summed E-state index contributed by atoms with van der Waals surface area (Å²) in [6, 6.07) is 0.227. The Balaban J connectivity index is 2.24. The van der Waals surface area contributed by atoms with Gasteiger partial charge in [0.1, 0.15) is 5.56 Å². The second-order valence-electron chi connectivity index (χ2n) is 5.57. The highest BCUT2D eigenvalue weighted by molar-refractivity contribution is 7.99. The van der Waals surface area contributed by atoms with Crippen molar-refractivity contribution in [2.24, 2.45) is 7.05 Å². The fourth-order valence-corrected chi connectivity index (χ4v) is 3.65. The SMILES string of the molecule is COc1nn(C)cc1C(=O)N1CCCSCC1CN(C)C. The number of hydrogen-bond acceptors (Lipinski definition) is 5. The number of methoxy groups -OCH3 is 1. The molecule has 6 nitrogen and oxygen atoms in total. The minimum atomic E-state index is 0.0225. The lowest BCUT2D eigenvalue weighted by atomic mass is 10.2. The first kappa shape index (κ1) is 16.2. The van der Waals surface area contributed by atoms with Crippen molar-refractivity contribution in [1.82, 2.24) is 19.6 Å². The monoisotopic (exact) mass is 312 g/mol. The molecule has 1 saturated heterocycles. The van der Waals surface area contributed by atoms with Gasteiger partial charge in [-0.25, -0.2) is 0 Å². The second-order valence-corrected chi connectivity index (χ2v) is 6.72. The van der Waals surface area contributed by atoms with E-state index in [1.807, 2.05) is 30.8 Å². The van der Waals surface area contributed by atoms with Gasteiger partial charge in [0.15, 0.2) is 0 Å². The van der Waals surface area contributed by atoms with Crippen LogP contribution in [0, 0.1) is 0 Å². The molecule has 1 aromatic rings. The Bertz CT molecular complexity index is 489. The molecule has 118 valence electrons. The van der Waals surface area contributed by atoms with Gasteiger partial charge >= 0.3 is 0 Å². The molecular formula is C14H24N4O2S. The lowest BCUT2D eigenvalue weighted by Crippen LogP contribution is -2.46. The zero-order chi connectivity index (χ0) is 15.4. The van der Waals surface area contributed by atoms with Crippen molar-refractivity contribution in [2.75, 3.05) is 45.8 Å². The molecule has 0 spiro atoms. The molecule has 1 aromatic heterocycles. The van der Waals surface area contributed by atoms with E-state index in [-0.39, 0.29) is 11.9 Å². The molecule has 1 amide bonds. The molecule has 21 heavy (non-hydrogen) atoms. The Morgan fingerprint density at radius 2 is 2.33 bits per heavy atom. The van der Waals surface area contributed by atoms with Crippen molar-refractivity contribution in [2.45, 2.75) is 12.5 Å². The van der Waals surface area contributed by atoms with Crippen molar-refractivity contribution in [3.8, 4) is 5.88 Å². The van der Waals surface area contributed by atoms with Crippen molar-refractivity contribution in [3.05, 3.63) is 11.8 Å². The van der Waals surface area contributed by atoms with Gasteiger partial charge in [0, 0.05) is 32.1 Å². The van der Waals surface area contributed by atoms with Gasteiger partial charge in [-0.1, -0.05) is 0 Å². The van der Waals surface area contributed by atoms with E-state index in [9.17, 15) is 4.79 Å². The van der Waals surface area contributed by atoms with Crippen LogP contribution in [0.2, 0.25) is 0 Å². The van der Waals surface area contributed by atoms with Crippen LogP contribution in [0.5, 0.6) is 5.88 Å². The van der Waals surface area contributed by atoms with E-state index in [0.717, 1.165) is 31.0 Å². The molecule has 0 aliphatic carbocycles. The average Bonchev–Trinajstić information content (AvgIpc) is 2.66. The maximum absolute atomic E-state index is 12.9. The number of nitrogens with zero attached hydrogens (tertiary/aromatic N) is 4. The molecular weight excluding hydrogens is 288 g/mol. The van der Waals surface area contributed by atoms with E-state index >= 15 is 0 Å². The molecule has 1 aliphatic heterocycles. The summed E-state index contributed by atoms with van der Waals surface area (Å²) in [5, 5.41) is 4.19. The average molecular weight is 312 g/mol. The van der Waals surface area contributed by atoms with E-state index < -0.39 is 0 Å². The van der Waals surface area contributed by atoms with Gasteiger partial charge in [-0.2, -0.15) is 11.8 Å². The standard InChI is InChI=1S/C14H24N4O2S/c1-16(2)8-11-10-21-7-5-6-18(11)14(19)12-9-17(3)15-13(12)20-4/h9,11H,5-8,10H2,1-4H3. The fourth-order valence-electron chi connectivity index (χ4n) is 2.59. The van der Waals surface area contributed by atoms with Gasteiger partial charge in [-0.3, -0.25) is 9.48 Å². The molecule has 1 aliphatic rings. The van der Waals surface area contributed by atoms with E-state index in [4.69, 9.17) is 4.74 Å². The molecule has 1 atom stereocenters. The second kappa shape index (κ2) is 7.17. The Labute approximate surface area is 130 Å². The predicted molar refractivity (Wildman–Crippen MR) is 85.1 cm³/mol. The van der Waals surface area contributed by atoms with Gasteiger partial charge < -0.3 is 14.5 Å². The number of aryl methyl sites for hydroxylation is 1. The van der Waals surface area contributed by atoms with Gasteiger partial charge in [-0.05, 0) is 26.3 Å². The molecule has 0 saturated carbocycles. The van der Waals surface area contributed by atoms with Crippen molar-refractivity contribution >= 4 is 17.7 Å². The first-order valence-corrected chi connectivity index (χ1v) is 8.29. The summed E-state index contributed by atoms with van der Waals surface area (Å²) in [5.41, 5.74) is 0.552. The summed E-state index contributed by atoms with van der Waals surface area (Å²) in [6.45, 7) is 1.67. The molecule has 0 radical (unpaired) electrons. The van der Waals surface area contributed by atoms with Crippen LogP contribution in [0.4, 0.5) is 0 Å². The number of amides is 1. The molecule has 0 bridgehead atoms. The van der Waals surface area contributed by atoms with E-state index in [0.29, 0.717) is 11.4 Å². The summed E-state index contributed by atoms with van der Waals surface area (Å²) in [4.78, 5) is 17.0. The van der Waals surface area contributed by atoms with Crippen LogP contribution in [0.15, 0.2) is 6.20 Å². The highest BCUT2D eigenvalue weighted by Crippen LogP contribution is 2.23. The Morgan fingerprint density at radius 3 is 3.00 bits per heavy atom. The first-order chi connectivity index (χ1) is 10.0. The lowest BCUT2D eigenvalue weighted by Gasteiger charge is -2.31. The Hall–Kier alpha value is -1.21. The molecule has 2 heterocycles. The molecule has 7 heteroatoms. The van der Waals surface area contributed by atoms with Crippen molar-refractivity contribution in [3.63, 3.8) is 0 Å². The van der Waals surface area contributed by atoms with E-state index in [2.05, 4.69) is 10.00 Å².